The summed E-state index contributed by atoms with van der Waals surface area (Å²) in [5.41, 5.74) is -0.560. The summed E-state index contributed by atoms with van der Waals surface area (Å²) in [6.07, 6.45) is 3.91. The normalized spacial score (nSPS) is 34.8. The van der Waals surface area contributed by atoms with Crippen LogP contribution >= 0.6 is 11.8 Å². The van der Waals surface area contributed by atoms with Crippen molar-refractivity contribution < 1.29 is 13.9 Å². The molecule has 2 heterocycles. The molecule has 2 fully saturated rings. The van der Waals surface area contributed by atoms with E-state index < -0.39 is 17.2 Å². The molecule has 18 heavy (non-hydrogen) atoms. The third-order valence-corrected chi connectivity index (χ3v) is 5.54. The number of hydrogen-bond acceptors (Lipinski definition) is 2. The van der Waals surface area contributed by atoms with Crippen molar-refractivity contribution in [1.29, 1.82) is 0 Å². The van der Waals surface area contributed by atoms with Gasteiger partial charge in [0.25, 0.3) is 0 Å². The Morgan fingerprint density at radius 1 is 1.22 bits per heavy atom. The Bertz CT molecular complexity index is 451. The van der Waals surface area contributed by atoms with Crippen LogP contribution < -0.4 is 0 Å². The molecule has 0 aromatic heterocycles. The maximum atomic E-state index is 13.6. The highest BCUT2D eigenvalue weighted by Gasteiger charge is 2.43. The average Bonchev–Trinajstić information content (AvgIpc) is 2.65. The lowest BCUT2D eigenvalue weighted by atomic mass is 9.86. The number of halogens is 2. The Balaban J connectivity index is 1.81. The van der Waals surface area contributed by atoms with Crippen molar-refractivity contribution >= 4 is 11.8 Å². The fraction of sp³-hybridized carbons (Fsp3) is 0.571. The van der Waals surface area contributed by atoms with E-state index in [1.54, 1.807) is 6.07 Å². The summed E-state index contributed by atoms with van der Waals surface area (Å²) in [6.45, 7) is 0. The third kappa shape index (κ3) is 2.28. The quantitative estimate of drug-likeness (QED) is 0.890. The summed E-state index contributed by atoms with van der Waals surface area (Å²) >= 11 is 1.94. The molecule has 0 aliphatic carbocycles. The van der Waals surface area contributed by atoms with Gasteiger partial charge in [-0.3, -0.25) is 0 Å². The Hall–Kier alpha value is -0.610. The molecule has 2 unspecified atom stereocenters. The SMILES string of the molecule is OC1(Cc2cccc(F)c2F)CC2CCC(C1)S2. The van der Waals surface area contributed by atoms with E-state index in [4.69, 9.17) is 0 Å². The van der Waals surface area contributed by atoms with Crippen molar-refractivity contribution in [3.63, 3.8) is 0 Å². The number of benzene rings is 1. The summed E-state index contributed by atoms with van der Waals surface area (Å²) in [7, 11) is 0. The lowest BCUT2D eigenvalue weighted by Gasteiger charge is -2.36. The van der Waals surface area contributed by atoms with Crippen LogP contribution in [-0.4, -0.2) is 21.2 Å². The van der Waals surface area contributed by atoms with Crippen LogP contribution in [0, 0.1) is 11.6 Å². The van der Waals surface area contributed by atoms with E-state index in [1.165, 1.54) is 6.07 Å². The highest BCUT2D eigenvalue weighted by atomic mass is 32.2. The lowest BCUT2D eigenvalue weighted by Crippen LogP contribution is -2.39. The zero-order valence-corrected chi connectivity index (χ0v) is 10.9. The highest BCUT2D eigenvalue weighted by Crippen LogP contribution is 2.48. The van der Waals surface area contributed by atoms with Gasteiger partial charge in [-0.2, -0.15) is 11.8 Å². The van der Waals surface area contributed by atoms with E-state index in [9.17, 15) is 13.9 Å². The number of aliphatic hydroxyl groups is 1. The smallest absolute Gasteiger partial charge is 0.162 e. The standard InChI is InChI=1S/C14H16F2OS/c15-12-3-1-2-9(13(12)16)6-14(17)7-10-4-5-11(8-14)18-10/h1-3,10-11,17H,4-8H2. The molecule has 2 bridgehead atoms. The summed E-state index contributed by atoms with van der Waals surface area (Å²) in [6, 6.07) is 4.19. The summed E-state index contributed by atoms with van der Waals surface area (Å²) < 4.78 is 26.8. The Morgan fingerprint density at radius 3 is 2.56 bits per heavy atom. The van der Waals surface area contributed by atoms with E-state index in [0.717, 1.165) is 18.9 Å². The maximum Gasteiger partial charge on any atom is 0.162 e. The molecular formula is C14H16F2OS. The maximum absolute atomic E-state index is 13.6. The van der Waals surface area contributed by atoms with Gasteiger partial charge in [0.1, 0.15) is 0 Å². The molecule has 2 aliphatic rings. The van der Waals surface area contributed by atoms with Crippen LogP contribution in [0.25, 0.3) is 0 Å². The second-order valence-corrected chi connectivity index (χ2v) is 7.09. The topological polar surface area (TPSA) is 20.2 Å². The van der Waals surface area contributed by atoms with Crippen molar-refractivity contribution in [3.8, 4) is 0 Å². The zero-order valence-electron chi connectivity index (χ0n) is 10.0. The highest BCUT2D eigenvalue weighted by molar-refractivity contribution is 8.00. The van der Waals surface area contributed by atoms with E-state index in [1.807, 2.05) is 11.8 Å². The lowest BCUT2D eigenvalue weighted by molar-refractivity contribution is 0.0233. The molecule has 0 radical (unpaired) electrons. The third-order valence-electron chi connectivity index (χ3n) is 3.96. The molecular weight excluding hydrogens is 254 g/mol. The van der Waals surface area contributed by atoms with Crippen LogP contribution in [0.2, 0.25) is 0 Å². The molecule has 98 valence electrons. The number of rotatable bonds is 2. The van der Waals surface area contributed by atoms with Gasteiger partial charge in [-0.15, -0.1) is 0 Å². The molecule has 0 amide bonds. The van der Waals surface area contributed by atoms with Crippen molar-refractivity contribution in [3.05, 3.63) is 35.4 Å². The van der Waals surface area contributed by atoms with Crippen molar-refractivity contribution in [2.75, 3.05) is 0 Å². The fourth-order valence-electron chi connectivity index (χ4n) is 3.20. The molecule has 3 rings (SSSR count). The van der Waals surface area contributed by atoms with Crippen LogP contribution in [0.4, 0.5) is 8.78 Å². The second kappa shape index (κ2) is 4.49. The van der Waals surface area contributed by atoms with Crippen molar-refractivity contribution in [1.82, 2.24) is 0 Å². The summed E-state index contributed by atoms with van der Waals surface area (Å²) in [4.78, 5) is 0. The predicted octanol–water partition coefficient (Wildman–Crippen LogP) is 3.30. The zero-order chi connectivity index (χ0) is 12.8. The first-order valence-corrected chi connectivity index (χ1v) is 7.31. The molecule has 1 nitrogen and oxygen atoms in total. The van der Waals surface area contributed by atoms with Crippen LogP contribution in [-0.2, 0) is 6.42 Å². The first-order chi connectivity index (χ1) is 8.56. The van der Waals surface area contributed by atoms with E-state index in [-0.39, 0.29) is 6.42 Å². The predicted molar refractivity (Wildman–Crippen MR) is 68.6 cm³/mol. The first kappa shape index (κ1) is 12.4. The van der Waals surface area contributed by atoms with Crippen molar-refractivity contribution in [2.24, 2.45) is 0 Å². The van der Waals surface area contributed by atoms with Gasteiger partial charge in [0.05, 0.1) is 5.60 Å². The molecule has 0 spiro atoms. The van der Waals surface area contributed by atoms with Crippen LogP contribution in [0.3, 0.4) is 0 Å². The molecule has 1 N–H and O–H groups in total. The second-order valence-electron chi connectivity index (χ2n) is 5.48. The minimum Gasteiger partial charge on any atom is -0.389 e. The van der Waals surface area contributed by atoms with E-state index >= 15 is 0 Å². The van der Waals surface area contributed by atoms with Gasteiger partial charge >= 0.3 is 0 Å². The molecule has 2 saturated heterocycles. The van der Waals surface area contributed by atoms with Gasteiger partial charge in [-0.1, -0.05) is 12.1 Å². The molecule has 2 atom stereocenters. The monoisotopic (exact) mass is 270 g/mol. The Labute approximate surface area is 110 Å². The van der Waals surface area contributed by atoms with E-state index in [2.05, 4.69) is 0 Å². The number of hydrogen-bond donors (Lipinski definition) is 1. The van der Waals surface area contributed by atoms with Gasteiger partial charge in [-0.25, -0.2) is 8.78 Å². The minimum atomic E-state index is -0.855. The van der Waals surface area contributed by atoms with Gasteiger partial charge in [0, 0.05) is 16.9 Å². The fourth-order valence-corrected chi connectivity index (χ4v) is 5.10. The van der Waals surface area contributed by atoms with Crippen LogP contribution in [0.1, 0.15) is 31.2 Å². The van der Waals surface area contributed by atoms with Crippen LogP contribution in [0.5, 0.6) is 0 Å². The first-order valence-electron chi connectivity index (χ1n) is 6.36. The van der Waals surface area contributed by atoms with Crippen LogP contribution in [0.15, 0.2) is 18.2 Å². The summed E-state index contributed by atoms with van der Waals surface area (Å²) in [5.74, 6) is -1.64. The Kier molecular flexibility index (Phi) is 3.10. The van der Waals surface area contributed by atoms with Gasteiger partial charge in [-0.05, 0) is 37.3 Å². The summed E-state index contributed by atoms with van der Waals surface area (Å²) in [5, 5.41) is 11.6. The van der Waals surface area contributed by atoms with Gasteiger partial charge in [0.2, 0.25) is 0 Å². The minimum absolute atomic E-state index is 0.226. The molecule has 0 saturated carbocycles. The van der Waals surface area contributed by atoms with Crippen molar-refractivity contribution in [2.45, 2.75) is 48.2 Å². The van der Waals surface area contributed by atoms with Gasteiger partial charge in [0.15, 0.2) is 11.6 Å². The molecule has 2 aliphatic heterocycles. The molecule has 1 aromatic carbocycles. The Morgan fingerprint density at radius 2 is 1.89 bits per heavy atom. The van der Waals surface area contributed by atoms with Gasteiger partial charge < -0.3 is 5.11 Å². The number of thioether (sulfide) groups is 1. The van der Waals surface area contributed by atoms with E-state index in [0.29, 0.717) is 28.9 Å². The largest absolute Gasteiger partial charge is 0.389 e. The number of fused-ring (bicyclic) bond motifs is 2. The molecule has 4 heteroatoms. The molecule has 1 aromatic rings. The average molecular weight is 270 g/mol.